The number of unbranched alkanes of at least 4 members (excludes halogenated alkanes) is 13. The van der Waals surface area contributed by atoms with Crippen LogP contribution in [0.5, 0.6) is 0 Å². The number of hydrogen-bond acceptors (Lipinski definition) is 2. The molecule has 0 N–H and O–H groups in total. The third-order valence-electron chi connectivity index (χ3n) is 4.14. The quantitative estimate of drug-likeness (QED) is 0.223. The summed E-state index contributed by atoms with van der Waals surface area (Å²) in [6, 6.07) is 0. The van der Waals surface area contributed by atoms with E-state index < -0.39 is 0 Å². The summed E-state index contributed by atoms with van der Waals surface area (Å²) >= 11 is 0. The van der Waals surface area contributed by atoms with E-state index in [1.807, 2.05) is 0 Å². The maximum absolute atomic E-state index is 11.3. The van der Waals surface area contributed by atoms with Gasteiger partial charge in [-0.3, -0.25) is 4.79 Å². The van der Waals surface area contributed by atoms with Crippen LogP contribution >= 0.6 is 0 Å². The first-order valence-electron chi connectivity index (χ1n) is 9.76. The molecule has 0 amide bonds. The molecule has 0 rings (SSSR count). The van der Waals surface area contributed by atoms with Crippen molar-refractivity contribution in [3.63, 3.8) is 0 Å². The van der Waals surface area contributed by atoms with Crippen molar-refractivity contribution in [2.24, 2.45) is 0 Å². The first-order chi connectivity index (χ1) is 10.8. The Morgan fingerprint density at radius 3 is 1.55 bits per heavy atom. The van der Waals surface area contributed by atoms with Crippen molar-refractivity contribution in [1.82, 2.24) is 0 Å². The number of esters is 1. The second kappa shape index (κ2) is 18.5. The van der Waals surface area contributed by atoms with Crippen LogP contribution in [0, 0.1) is 6.92 Å². The molecular formula is C20H39O2. The summed E-state index contributed by atoms with van der Waals surface area (Å²) in [5.74, 6) is -0.0532. The van der Waals surface area contributed by atoms with Gasteiger partial charge in [-0.25, -0.2) is 0 Å². The highest BCUT2D eigenvalue weighted by atomic mass is 16.5. The highest BCUT2D eigenvalue weighted by molar-refractivity contribution is 5.69. The fourth-order valence-corrected chi connectivity index (χ4v) is 2.72. The third kappa shape index (κ3) is 17.5. The van der Waals surface area contributed by atoms with Crippen molar-refractivity contribution in [2.75, 3.05) is 6.61 Å². The third-order valence-corrected chi connectivity index (χ3v) is 4.14. The molecule has 0 saturated heterocycles. The highest BCUT2D eigenvalue weighted by Crippen LogP contribution is 2.13. The second-order valence-electron chi connectivity index (χ2n) is 6.42. The van der Waals surface area contributed by atoms with E-state index in [9.17, 15) is 4.79 Å². The molecule has 131 valence electrons. The highest BCUT2D eigenvalue weighted by Gasteiger charge is 2.01. The average molecular weight is 312 g/mol. The van der Waals surface area contributed by atoms with Gasteiger partial charge in [-0.15, -0.1) is 0 Å². The maximum Gasteiger partial charge on any atom is 0.305 e. The van der Waals surface area contributed by atoms with Crippen LogP contribution < -0.4 is 0 Å². The minimum absolute atomic E-state index is 0.0532. The van der Waals surface area contributed by atoms with E-state index in [1.54, 1.807) is 0 Å². The Morgan fingerprint density at radius 2 is 1.14 bits per heavy atom. The van der Waals surface area contributed by atoms with Gasteiger partial charge in [0.2, 0.25) is 0 Å². The molecule has 0 saturated carbocycles. The maximum atomic E-state index is 11.3. The molecule has 0 heterocycles. The van der Waals surface area contributed by atoms with Crippen molar-refractivity contribution >= 4 is 5.97 Å². The van der Waals surface area contributed by atoms with E-state index in [4.69, 9.17) is 4.74 Å². The lowest BCUT2D eigenvalue weighted by Crippen LogP contribution is -2.04. The van der Waals surface area contributed by atoms with Crippen molar-refractivity contribution < 1.29 is 9.53 Å². The predicted octanol–water partition coefficient (Wildman–Crippen LogP) is 6.63. The lowest BCUT2D eigenvalue weighted by Gasteiger charge is -2.04. The normalized spacial score (nSPS) is 10.8. The van der Waals surface area contributed by atoms with Crippen LogP contribution in [0.15, 0.2) is 0 Å². The number of carbonyl (C=O) groups excluding carboxylic acids is 1. The monoisotopic (exact) mass is 311 g/mol. The fourth-order valence-electron chi connectivity index (χ4n) is 2.72. The number of rotatable bonds is 17. The smallest absolute Gasteiger partial charge is 0.305 e. The summed E-state index contributed by atoms with van der Waals surface area (Å²) in [4.78, 5) is 11.3. The summed E-state index contributed by atoms with van der Waals surface area (Å²) in [5, 5.41) is 0. The molecule has 0 aromatic heterocycles. The van der Waals surface area contributed by atoms with E-state index in [1.165, 1.54) is 77.0 Å². The van der Waals surface area contributed by atoms with Crippen LogP contribution in [0.4, 0.5) is 0 Å². The molecule has 22 heavy (non-hydrogen) atoms. The lowest BCUT2D eigenvalue weighted by atomic mass is 10.0. The molecule has 2 nitrogen and oxygen atoms in total. The van der Waals surface area contributed by atoms with Gasteiger partial charge in [-0.1, -0.05) is 90.4 Å². The zero-order valence-corrected chi connectivity index (χ0v) is 15.0. The Labute approximate surface area is 139 Å². The minimum Gasteiger partial charge on any atom is -0.466 e. The SMILES string of the molecule is [CH2]CCOC(=O)CCCCCCCCCCCCCCCC. The molecule has 0 bridgehead atoms. The molecule has 0 fully saturated rings. The first-order valence-corrected chi connectivity index (χ1v) is 9.76. The summed E-state index contributed by atoms with van der Waals surface area (Å²) in [6.07, 6.45) is 20.0. The van der Waals surface area contributed by atoms with Gasteiger partial charge >= 0.3 is 5.97 Å². The second-order valence-corrected chi connectivity index (χ2v) is 6.42. The molecule has 0 atom stereocenters. The first kappa shape index (κ1) is 21.5. The Morgan fingerprint density at radius 1 is 0.727 bits per heavy atom. The van der Waals surface area contributed by atoms with Gasteiger partial charge in [-0.05, 0) is 19.8 Å². The summed E-state index contributed by atoms with van der Waals surface area (Å²) in [7, 11) is 0. The van der Waals surface area contributed by atoms with Crippen LogP contribution in [-0.2, 0) is 9.53 Å². The summed E-state index contributed by atoms with van der Waals surface area (Å²) < 4.78 is 5.00. The Bertz CT molecular complexity index is 226. The van der Waals surface area contributed by atoms with Crippen molar-refractivity contribution in [3.8, 4) is 0 Å². The standard InChI is InChI=1S/C20H39O2/c1-3-5-6-7-8-9-10-11-12-13-14-15-16-17-18-20(21)22-19-4-2/h2-19H2,1H3. The molecule has 0 unspecified atom stereocenters. The fraction of sp³-hybridized carbons (Fsp3) is 0.900. The minimum atomic E-state index is -0.0532. The van der Waals surface area contributed by atoms with Gasteiger partial charge in [0.05, 0.1) is 6.61 Å². The molecule has 2 heteroatoms. The average Bonchev–Trinajstić information content (AvgIpc) is 2.53. The van der Waals surface area contributed by atoms with Gasteiger partial charge in [-0.2, -0.15) is 0 Å². The number of hydrogen-bond donors (Lipinski definition) is 0. The van der Waals surface area contributed by atoms with E-state index >= 15 is 0 Å². The topological polar surface area (TPSA) is 26.3 Å². The van der Waals surface area contributed by atoms with Gasteiger partial charge in [0.25, 0.3) is 0 Å². The lowest BCUT2D eigenvalue weighted by molar-refractivity contribution is -0.143. The number of carbonyl (C=O) groups is 1. The van der Waals surface area contributed by atoms with E-state index in [2.05, 4.69) is 13.8 Å². The summed E-state index contributed by atoms with van der Waals surface area (Å²) in [5.41, 5.74) is 0. The van der Waals surface area contributed by atoms with Gasteiger partial charge in [0, 0.05) is 6.42 Å². The summed E-state index contributed by atoms with van der Waals surface area (Å²) in [6.45, 7) is 6.40. The van der Waals surface area contributed by atoms with E-state index in [-0.39, 0.29) is 5.97 Å². The Kier molecular flexibility index (Phi) is 18.1. The van der Waals surface area contributed by atoms with E-state index in [0.717, 1.165) is 12.8 Å². The predicted molar refractivity (Wildman–Crippen MR) is 95.9 cm³/mol. The molecule has 0 aliphatic rings. The van der Waals surface area contributed by atoms with Gasteiger partial charge < -0.3 is 4.74 Å². The van der Waals surface area contributed by atoms with Crippen LogP contribution in [0.25, 0.3) is 0 Å². The Balaban J connectivity index is 3.04. The largest absolute Gasteiger partial charge is 0.466 e. The van der Waals surface area contributed by atoms with Crippen molar-refractivity contribution in [1.29, 1.82) is 0 Å². The van der Waals surface area contributed by atoms with Crippen LogP contribution in [0.2, 0.25) is 0 Å². The molecular weight excluding hydrogens is 272 g/mol. The Hall–Kier alpha value is -0.530. The van der Waals surface area contributed by atoms with Crippen molar-refractivity contribution in [3.05, 3.63) is 6.92 Å². The van der Waals surface area contributed by atoms with Crippen molar-refractivity contribution in [2.45, 2.75) is 110 Å². The molecule has 0 aliphatic carbocycles. The molecule has 0 spiro atoms. The van der Waals surface area contributed by atoms with Crippen LogP contribution in [-0.4, -0.2) is 12.6 Å². The molecule has 0 aromatic rings. The zero-order chi connectivity index (χ0) is 16.3. The molecule has 0 aromatic carbocycles. The van der Waals surface area contributed by atoms with Crippen LogP contribution in [0.3, 0.4) is 0 Å². The molecule has 0 aliphatic heterocycles. The molecule has 1 radical (unpaired) electrons. The van der Waals surface area contributed by atoms with E-state index in [0.29, 0.717) is 19.4 Å². The van der Waals surface area contributed by atoms with Crippen LogP contribution in [0.1, 0.15) is 110 Å². The van der Waals surface area contributed by atoms with Gasteiger partial charge in [0.1, 0.15) is 0 Å². The van der Waals surface area contributed by atoms with Gasteiger partial charge in [0.15, 0.2) is 0 Å². The number of ether oxygens (including phenoxy) is 1. The zero-order valence-electron chi connectivity index (χ0n) is 15.0.